The summed E-state index contributed by atoms with van der Waals surface area (Å²) in [4.78, 5) is 21.0. The van der Waals surface area contributed by atoms with Crippen LogP contribution in [-0.2, 0) is 12.8 Å². The van der Waals surface area contributed by atoms with Crippen LogP contribution in [0.5, 0.6) is 0 Å². The van der Waals surface area contributed by atoms with Crippen molar-refractivity contribution in [3.63, 3.8) is 0 Å². The summed E-state index contributed by atoms with van der Waals surface area (Å²) in [5, 5.41) is 2.95. The van der Waals surface area contributed by atoms with Gasteiger partial charge in [-0.2, -0.15) is 0 Å². The molecule has 26 heavy (non-hydrogen) atoms. The molecule has 0 bridgehead atoms. The maximum atomic E-state index is 12.2. The van der Waals surface area contributed by atoms with Crippen LogP contribution in [0, 0.1) is 0 Å². The van der Waals surface area contributed by atoms with Gasteiger partial charge in [0, 0.05) is 30.1 Å². The molecule has 4 heteroatoms. The number of nitrogens with one attached hydrogen (secondary N) is 1. The van der Waals surface area contributed by atoms with Crippen molar-refractivity contribution < 1.29 is 4.79 Å². The van der Waals surface area contributed by atoms with Crippen molar-refractivity contribution in [1.82, 2.24) is 15.3 Å². The molecule has 3 rings (SSSR count). The smallest absolute Gasteiger partial charge is 0.251 e. The van der Waals surface area contributed by atoms with Crippen LogP contribution in [0.15, 0.2) is 67.0 Å². The van der Waals surface area contributed by atoms with E-state index in [0.29, 0.717) is 24.4 Å². The summed E-state index contributed by atoms with van der Waals surface area (Å²) in [6, 6.07) is 17.7. The molecule has 1 aromatic heterocycles. The topological polar surface area (TPSA) is 54.9 Å². The average Bonchev–Trinajstić information content (AvgIpc) is 2.70. The van der Waals surface area contributed by atoms with Gasteiger partial charge in [-0.05, 0) is 36.1 Å². The summed E-state index contributed by atoms with van der Waals surface area (Å²) < 4.78 is 0. The summed E-state index contributed by atoms with van der Waals surface area (Å²) in [6.07, 6.45) is 6.49. The third-order valence-corrected chi connectivity index (χ3v) is 4.19. The lowest BCUT2D eigenvalue weighted by molar-refractivity contribution is 0.0954. The second-order valence-electron chi connectivity index (χ2n) is 6.23. The highest BCUT2D eigenvalue weighted by molar-refractivity contribution is 5.94. The molecule has 3 aromatic rings. The lowest BCUT2D eigenvalue weighted by Gasteiger charge is -2.07. The van der Waals surface area contributed by atoms with Gasteiger partial charge in [-0.1, -0.05) is 55.8 Å². The van der Waals surface area contributed by atoms with Crippen LogP contribution >= 0.6 is 0 Å². The number of rotatable bonds is 7. The van der Waals surface area contributed by atoms with Gasteiger partial charge in [-0.15, -0.1) is 0 Å². The van der Waals surface area contributed by atoms with Crippen LogP contribution in [-0.4, -0.2) is 22.4 Å². The van der Waals surface area contributed by atoms with Crippen molar-refractivity contribution in [1.29, 1.82) is 0 Å². The predicted molar refractivity (Wildman–Crippen MR) is 104 cm³/mol. The Balaban J connectivity index is 1.50. The van der Waals surface area contributed by atoms with Crippen LogP contribution in [0.25, 0.3) is 11.4 Å². The Morgan fingerprint density at radius 2 is 1.58 bits per heavy atom. The summed E-state index contributed by atoms with van der Waals surface area (Å²) in [5.41, 5.74) is 3.96. The van der Waals surface area contributed by atoms with E-state index in [-0.39, 0.29) is 5.91 Å². The van der Waals surface area contributed by atoms with Crippen molar-refractivity contribution in [2.24, 2.45) is 0 Å². The number of aryl methyl sites for hydroxylation is 1. The van der Waals surface area contributed by atoms with Gasteiger partial charge in [-0.25, -0.2) is 9.97 Å². The monoisotopic (exact) mass is 345 g/mol. The Labute approximate surface area is 154 Å². The van der Waals surface area contributed by atoms with E-state index in [1.165, 1.54) is 5.56 Å². The lowest BCUT2D eigenvalue weighted by Crippen LogP contribution is -2.25. The van der Waals surface area contributed by atoms with Crippen molar-refractivity contribution in [2.45, 2.75) is 26.2 Å². The fourth-order valence-corrected chi connectivity index (χ4v) is 2.75. The van der Waals surface area contributed by atoms with E-state index in [9.17, 15) is 4.79 Å². The molecule has 1 N–H and O–H groups in total. The Morgan fingerprint density at radius 1 is 0.885 bits per heavy atom. The SMILES string of the molecule is CCCc1ccc(C(=O)NCCc2cnc(-c3ccccc3)nc2)cc1. The first-order valence-electron chi connectivity index (χ1n) is 8.99. The van der Waals surface area contributed by atoms with Crippen molar-refractivity contribution >= 4 is 5.91 Å². The molecule has 0 fully saturated rings. The Kier molecular flexibility index (Phi) is 6.09. The highest BCUT2D eigenvalue weighted by atomic mass is 16.1. The maximum absolute atomic E-state index is 12.2. The molecule has 1 heterocycles. The highest BCUT2D eigenvalue weighted by Gasteiger charge is 2.05. The summed E-state index contributed by atoms with van der Waals surface area (Å²) in [7, 11) is 0. The fourth-order valence-electron chi connectivity index (χ4n) is 2.75. The third kappa shape index (κ3) is 4.76. The van der Waals surface area contributed by atoms with E-state index in [0.717, 1.165) is 24.0 Å². The summed E-state index contributed by atoms with van der Waals surface area (Å²) >= 11 is 0. The first-order valence-corrected chi connectivity index (χ1v) is 8.99. The maximum Gasteiger partial charge on any atom is 0.251 e. The van der Waals surface area contributed by atoms with E-state index >= 15 is 0 Å². The number of nitrogens with zero attached hydrogens (tertiary/aromatic N) is 2. The molecule has 0 aliphatic carbocycles. The number of carbonyl (C=O) groups is 1. The van der Waals surface area contributed by atoms with Gasteiger partial charge < -0.3 is 5.32 Å². The zero-order valence-electron chi connectivity index (χ0n) is 15.0. The van der Waals surface area contributed by atoms with Crippen molar-refractivity contribution in [3.05, 3.63) is 83.7 Å². The molecule has 0 saturated carbocycles. The van der Waals surface area contributed by atoms with E-state index in [1.54, 1.807) is 0 Å². The summed E-state index contributed by atoms with van der Waals surface area (Å²) in [6.45, 7) is 2.71. The van der Waals surface area contributed by atoms with E-state index in [4.69, 9.17) is 0 Å². The molecule has 0 unspecified atom stereocenters. The zero-order valence-corrected chi connectivity index (χ0v) is 15.0. The molecular formula is C22H23N3O. The Bertz CT molecular complexity index is 828. The fraction of sp³-hybridized carbons (Fsp3) is 0.227. The van der Waals surface area contributed by atoms with E-state index < -0.39 is 0 Å². The van der Waals surface area contributed by atoms with Gasteiger partial charge in [0.1, 0.15) is 0 Å². The number of amides is 1. The molecule has 0 radical (unpaired) electrons. The molecule has 132 valence electrons. The van der Waals surface area contributed by atoms with E-state index in [2.05, 4.69) is 22.2 Å². The molecular weight excluding hydrogens is 322 g/mol. The Hall–Kier alpha value is -3.01. The molecule has 0 aliphatic heterocycles. The van der Waals surface area contributed by atoms with Crippen LogP contribution < -0.4 is 5.32 Å². The van der Waals surface area contributed by atoms with Crippen molar-refractivity contribution in [2.75, 3.05) is 6.54 Å². The highest BCUT2D eigenvalue weighted by Crippen LogP contribution is 2.13. The Morgan fingerprint density at radius 3 is 2.23 bits per heavy atom. The third-order valence-electron chi connectivity index (χ3n) is 4.19. The van der Waals surface area contributed by atoms with Gasteiger partial charge in [0.15, 0.2) is 5.82 Å². The minimum Gasteiger partial charge on any atom is -0.352 e. The van der Waals surface area contributed by atoms with Crippen LogP contribution in [0.2, 0.25) is 0 Å². The minimum atomic E-state index is -0.0464. The standard InChI is InChI=1S/C22H23N3O/c1-2-6-17-9-11-20(12-10-17)22(26)23-14-13-18-15-24-21(25-16-18)19-7-4-3-5-8-19/h3-5,7-12,15-16H,2,6,13-14H2,1H3,(H,23,26). The number of aromatic nitrogens is 2. The molecule has 0 spiro atoms. The van der Waals surface area contributed by atoms with Crippen LogP contribution in [0.3, 0.4) is 0 Å². The largest absolute Gasteiger partial charge is 0.352 e. The van der Waals surface area contributed by atoms with Crippen LogP contribution in [0.1, 0.15) is 34.8 Å². The van der Waals surface area contributed by atoms with Gasteiger partial charge >= 0.3 is 0 Å². The first-order chi connectivity index (χ1) is 12.8. The molecule has 1 amide bonds. The number of hydrogen-bond acceptors (Lipinski definition) is 3. The lowest BCUT2D eigenvalue weighted by atomic mass is 10.1. The zero-order chi connectivity index (χ0) is 18.2. The normalized spacial score (nSPS) is 10.5. The predicted octanol–water partition coefficient (Wildman–Crippen LogP) is 4.07. The van der Waals surface area contributed by atoms with Gasteiger partial charge in [0.2, 0.25) is 0 Å². The average molecular weight is 345 g/mol. The van der Waals surface area contributed by atoms with Crippen LogP contribution in [0.4, 0.5) is 0 Å². The molecule has 0 atom stereocenters. The number of carbonyl (C=O) groups excluding carboxylic acids is 1. The molecule has 0 aliphatic rings. The minimum absolute atomic E-state index is 0.0464. The number of benzene rings is 2. The van der Waals surface area contributed by atoms with Crippen molar-refractivity contribution in [3.8, 4) is 11.4 Å². The van der Waals surface area contributed by atoms with Gasteiger partial charge in [-0.3, -0.25) is 4.79 Å². The molecule has 2 aromatic carbocycles. The quantitative estimate of drug-likeness (QED) is 0.702. The van der Waals surface area contributed by atoms with Gasteiger partial charge in [0.25, 0.3) is 5.91 Å². The second-order valence-corrected chi connectivity index (χ2v) is 6.23. The summed E-state index contributed by atoms with van der Waals surface area (Å²) in [5.74, 6) is 0.667. The first kappa shape index (κ1) is 17.8. The second kappa shape index (κ2) is 8.90. The molecule has 0 saturated heterocycles. The molecule has 4 nitrogen and oxygen atoms in total. The van der Waals surface area contributed by atoms with Gasteiger partial charge in [0.05, 0.1) is 0 Å². The number of hydrogen-bond donors (Lipinski definition) is 1. The van der Waals surface area contributed by atoms with E-state index in [1.807, 2.05) is 67.0 Å².